The van der Waals surface area contributed by atoms with E-state index in [0.717, 1.165) is 67.3 Å². The molecule has 0 spiro atoms. The summed E-state index contributed by atoms with van der Waals surface area (Å²) in [5.41, 5.74) is 11.3. The molecule has 0 unspecified atom stereocenters. The summed E-state index contributed by atoms with van der Waals surface area (Å²) in [7, 11) is -3.54. The van der Waals surface area contributed by atoms with E-state index in [9.17, 15) is 8.42 Å². The highest BCUT2D eigenvalue weighted by atomic mass is 32.2. The number of aromatic nitrogens is 3. The predicted octanol–water partition coefficient (Wildman–Crippen LogP) is 3.42. The van der Waals surface area contributed by atoms with Crippen molar-refractivity contribution in [2.45, 2.75) is 51.0 Å². The minimum absolute atomic E-state index is 0.0474. The summed E-state index contributed by atoms with van der Waals surface area (Å²) >= 11 is 0. The molecule has 10 heteroatoms. The Morgan fingerprint density at radius 2 is 2.00 bits per heavy atom. The van der Waals surface area contributed by atoms with Crippen molar-refractivity contribution in [2.24, 2.45) is 11.3 Å². The number of hydrogen-bond acceptors (Lipinski definition) is 9. The number of nitrogens with zero attached hydrogens (tertiary/aromatic N) is 4. The normalized spacial score (nSPS) is 18.9. The molecule has 0 saturated carbocycles. The molecule has 2 aromatic heterocycles. The zero-order valence-electron chi connectivity index (χ0n) is 22.6. The van der Waals surface area contributed by atoms with Crippen molar-refractivity contribution >= 4 is 21.5 Å². The molecule has 2 aliphatic heterocycles. The van der Waals surface area contributed by atoms with Gasteiger partial charge in [-0.05, 0) is 73.9 Å². The lowest BCUT2D eigenvalue weighted by atomic mass is 9.76. The summed E-state index contributed by atoms with van der Waals surface area (Å²) in [5.74, 6) is 2.33. The van der Waals surface area contributed by atoms with Gasteiger partial charge in [-0.15, -0.1) is 0 Å². The second-order valence-corrected chi connectivity index (χ2v) is 13.9. The van der Waals surface area contributed by atoms with Gasteiger partial charge in [-0.25, -0.2) is 23.4 Å². The fourth-order valence-electron chi connectivity index (χ4n) is 5.73. The molecule has 0 radical (unpaired) electrons. The third-order valence-corrected chi connectivity index (χ3v) is 10.0. The number of nitrogen functional groups attached to an aromatic ring is 1. The average Bonchev–Trinajstić information content (AvgIpc) is 3.09. The molecule has 1 aliphatic carbocycles. The molecule has 9 nitrogen and oxygen atoms in total. The van der Waals surface area contributed by atoms with Gasteiger partial charge in [0.1, 0.15) is 35.2 Å². The Labute approximate surface area is 230 Å². The van der Waals surface area contributed by atoms with Crippen LogP contribution in [0.4, 0.5) is 11.6 Å². The number of nitrogens with two attached hydrogens (primary N) is 1. The minimum Gasteiger partial charge on any atom is -0.491 e. The highest BCUT2D eigenvalue weighted by molar-refractivity contribution is 7.91. The number of sulfone groups is 1. The van der Waals surface area contributed by atoms with Crippen LogP contribution in [0.5, 0.6) is 5.75 Å². The molecular formula is C29H36N6O3S. The van der Waals surface area contributed by atoms with Crippen LogP contribution in [0.15, 0.2) is 41.7 Å². The Balaban J connectivity index is 1.29. The van der Waals surface area contributed by atoms with Gasteiger partial charge in [0.15, 0.2) is 9.84 Å². The Kier molecular flexibility index (Phi) is 6.71. The number of fused-ring (bicyclic) bond motifs is 2. The zero-order valence-corrected chi connectivity index (χ0v) is 23.4. The van der Waals surface area contributed by atoms with Crippen molar-refractivity contribution in [2.75, 3.05) is 42.6 Å². The molecule has 1 fully saturated rings. The van der Waals surface area contributed by atoms with E-state index < -0.39 is 9.84 Å². The molecule has 0 amide bonds. The highest BCUT2D eigenvalue weighted by Gasteiger charge is 2.31. The van der Waals surface area contributed by atoms with Crippen molar-refractivity contribution in [3.63, 3.8) is 0 Å². The standard InChI is InChI=1S/C29H36N6O3S/c1-29(2)7-5-24-23(13-29)28(34-18-33-24)35-8-9-38-25-4-3-20(11-22(25)17-35)21-12-26(27(30)32-16-21)39(36,37)10-6-19-14-31-15-19/h3-4,11-12,16,18-19,31H,5-10,13-15,17H2,1-2H3,(H2,30,32). The van der Waals surface area contributed by atoms with E-state index in [-0.39, 0.29) is 21.9 Å². The van der Waals surface area contributed by atoms with Crippen LogP contribution in [-0.2, 0) is 29.2 Å². The Bertz CT molecular complexity index is 1500. The maximum absolute atomic E-state index is 13.1. The van der Waals surface area contributed by atoms with Crippen molar-refractivity contribution in [3.8, 4) is 16.9 Å². The molecule has 1 saturated heterocycles. The fraction of sp³-hybridized carbons (Fsp3) is 0.483. The van der Waals surface area contributed by atoms with E-state index in [1.807, 2.05) is 12.1 Å². The van der Waals surface area contributed by atoms with Crippen molar-refractivity contribution in [3.05, 3.63) is 53.6 Å². The Morgan fingerprint density at radius 3 is 2.79 bits per heavy atom. The number of rotatable bonds is 6. The summed E-state index contributed by atoms with van der Waals surface area (Å²) < 4.78 is 32.4. The summed E-state index contributed by atoms with van der Waals surface area (Å²) in [4.78, 5) is 16.0. The Morgan fingerprint density at radius 1 is 1.15 bits per heavy atom. The van der Waals surface area contributed by atoms with E-state index >= 15 is 0 Å². The number of pyridine rings is 1. The molecule has 1 aromatic carbocycles. The quantitative estimate of drug-likeness (QED) is 0.477. The fourth-order valence-corrected chi connectivity index (χ4v) is 7.27. The van der Waals surface area contributed by atoms with Crippen LogP contribution in [0.1, 0.15) is 43.5 Å². The maximum Gasteiger partial charge on any atom is 0.182 e. The molecule has 4 heterocycles. The van der Waals surface area contributed by atoms with Crippen LogP contribution in [0.25, 0.3) is 11.1 Å². The van der Waals surface area contributed by atoms with Gasteiger partial charge in [0.25, 0.3) is 0 Å². The molecule has 0 bridgehead atoms. The maximum atomic E-state index is 13.1. The monoisotopic (exact) mass is 548 g/mol. The van der Waals surface area contributed by atoms with E-state index in [2.05, 4.69) is 40.1 Å². The van der Waals surface area contributed by atoms with E-state index in [1.165, 1.54) is 5.56 Å². The lowest BCUT2D eigenvalue weighted by molar-refractivity contribution is 0.310. The first-order valence-electron chi connectivity index (χ1n) is 13.7. The molecule has 6 rings (SSSR count). The number of nitrogens with one attached hydrogen (secondary N) is 1. The van der Waals surface area contributed by atoms with Crippen molar-refractivity contribution in [1.82, 2.24) is 20.3 Å². The summed E-state index contributed by atoms with van der Waals surface area (Å²) in [6.07, 6.45) is 6.99. The highest BCUT2D eigenvalue weighted by Crippen LogP contribution is 2.39. The van der Waals surface area contributed by atoms with E-state index in [0.29, 0.717) is 31.1 Å². The molecule has 0 atom stereocenters. The van der Waals surface area contributed by atoms with Crippen LogP contribution in [0.3, 0.4) is 0 Å². The Hall–Kier alpha value is -3.24. The number of benzene rings is 1. The van der Waals surface area contributed by atoms with Crippen LogP contribution >= 0.6 is 0 Å². The molecule has 3 aromatic rings. The predicted molar refractivity (Wildman–Crippen MR) is 151 cm³/mol. The number of ether oxygens (including phenoxy) is 1. The largest absolute Gasteiger partial charge is 0.491 e. The van der Waals surface area contributed by atoms with Gasteiger partial charge in [0.2, 0.25) is 0 Å². The summed E-state index contributed by atoms with van der Waals surface area (Å²) in [6.45, 7) is 8.25. The number of aryl methyl sites for hydroxylation is 1. The topological polar surface area (TPSA) is 123 Å². The van der Waals surface area contributed by atoms with Gasteiger partial charge in [-0.3, -0.25) is 0 Å². The average molecular weight is 549 g/mol. The van der Waals surface area contributed by atoms with Gasteiger partial charge in [0, 0.05) is 35.1 Å². The third kappa shape index (κ3) is 5.32. The second-order valence-electron chi connectivity index (χ2n) is 11.8. The minimum atomic E-state index is -3.54. The van der Waals surface area contributed by atoms with Crippen LogP contribution < -0.4 is 20.7 Å². The third-order valence-electron chi connectivity index (χ3n) is 8.26. The van der Waals surface area contributed by atoms with Gasteiger partial charge < -0.3 is 20.7 Å². The SMILES string of the molecule is CC1(C)CCc2ncnc(N3CCOc4ccc(-c5cnc(N)c(S(=O)(=O)CCC6CNC6)c5)cc4C3)c2C1. The van der Waals surface area contributed by atoms with Gasteiger partial charge in [-0.1, -0.05) is 19.9 Å². The van der Waals surface area contributed by atoms with Gasteiger partial charge in [-0.2, -0.15) is 0 Å². The van der Waals surface area contributed by atoms with Crippen LogP contribution in [0, 0.1) is 11.3 Å². The van der Waals surface area contributed by atoms with E-state index in [4.69, 9.17) is 15.5 Å². The first-order chi connectivity index (χ1) is 18.7. The van der Waals surface area contributed by atoms with E-state index in [1.54, 1.807) is 18.6 Å². The first-order valence-corrected chi connectivity index (χ1v) is 15.4. The lowest BCUT2D eigenvalue weighted by Crippen LogP contribution is -2.42. The molecule has 206 valence electrons. The smallest absolute Gasteiger partial charge is 0.182 e. The van der Waals surface area contributed by atoms with Crippen molar-refractivity contribution in [1.29, 1.82) is 0 Å². The molecule has 3 aliphatic rings. The van der Waals surface area contributed by atoms with Gasteiger partial charge in [0.05, 0.1) is 12.3 Å². The van der Waals surface area contributed by atoms with Crippen molar-refractivity contribution < 1.29 is 13.2 Å². The first kappa shape index (κ1) is 26.0. The second kappa shape index (κ2) is 10.1. The van der Waals surface area contributed by atoms with Crippen LogP contribution in [0.2, 0.25) is 0 Å². The number of hydrogen-bond donors (Lipinski definition) is 2. The van der Waals surface area contributed by atoms with Crippen LogP contribution in [-0.4, -0.2) is 55.4 Å². The zero-order chi connectivity index (χ0) is 27.2. The van der Waals surface area contributed by atoms with Gasteiger partial charge >= 0.3 is 0 Å². The summed E-state index contributed by atoms with van der Waals surface area (Å²) in [6, 6.07) is 7.64. The molecule has 39 heavy (non-hydrogen) atoms. The number of anilines is 2. The molecule has 3 N–H and O–H groups in total. The summed E-state index contributed by atoms with van der Waals surface area (Å²) in [5, 5.41) is 3.19. The lowest BCUT2D eigenvalue weighted by Gasteiger charge is -2.33. The molecular weight excluding hydrogens is 512 g/mol.